The number of hydrogen-bond acceptors (Lipinski definition) is 5. The Hall–Kier alpha value is 0.0169. The van der Waals surface area contributed by atoms with Crippen molar-refractivity contribution in [2.45, 2.75) is 24.5 Å². The molecule has 1 aliphatic heterocycles. The third kappa shape index (κ3) is 3.23. The second-order valence-corrected chi connectivity index (χ2v) is 6.86. The highest BCUT2D eigenvalue weighted by Gasteiger charge is 2.49. The van der Waals surface area contributed by atoms with Gasteiger partial charge < -0.3 is 23.1 Å². The summed E-state index contributed by atoms with van der Waals surface area (Å²) in [5, 5.41) is 9.03. The molecule has 1 heterocycles. The van der Waals surface area contributed by atoms with E-state index in [0.717, 1.165) is 13.0 Å². The third-order valence-corrected chi connectivity index (χ3v) is 6.01. The van der Waals surface area contributed by atoms with E-state index in [9.17, 15) is 0 Å². The van der Waals surface area contributed by atoms with E-state index in [4.69, 9.17) is 23.1 Å². The Balaban J connectivity index is 2.62. The van der Waals surface area contributed by atoms with Crippen LogP contribution < -0.4 is 0 Å². The van der Waals surface area contributed by atoms with Crippen LogP contribution in [0.2, 0.25) is 5.54 Å². The minimum atomic E-state index is -2.63. The molecular formula is C9H20O5Si. The summed E-state index contributed by atoms with van der Waals surface area (Å²) >= 11 is 0. The first kappa shape index (κ1) is 13.1. The maximum atomic E-state index is 9.03. The van der Waals surface area contributed by atoms with Crippen LogP contribution in [0.5, 0.6) is 0 Å². The summed E-state index contributed by atoms with van der Waals surface area (Å²) in [7, 11) is 2.15. The molecule has 5 nitrogen and oxygen atoms in total. The van der Waals surface area contributed by atoms with Crippen molar-refractivity contribution in [3.63, 3.8) is 0 Å². The fraction of sp³-hybridized carbons (Fsp3) is 1.00. The average molecular weight is 236 g/mol. The highest BCUT2D eigenvalue weighted by molar-refractivity contribution is 6.62. The van der Waals surface area contributed by atoms with Crippen molar-refractivity contribution in [1.29, 1.82) is 0 Å². The molecule has 6 heteroatoms. The molecule has 0 aromatic rings. The molecule has 2 unspecified atom stereocenters. The molecule has 0 bridgehead atoms. The van der Waals surface area contributed by atoms with Gasteiger partial charge >= 0.3 is 8.80 Å². The van der Waals surface area contributed by atoms with Crippen LogP contribution in [0, 0.1) is 0 Å². The second-order valence-electron chi connectivity index (χ2n) is 3.62. The summed E-state index contributed by atoms with van der Waals surface area (Å²) in [5.41, 5.74) is 0.106. The van der Waals surface area contributed by atoms with Gasteiger partial charge in [-0.2, -0.15) is 0 Å². The summed E-state index contributed by atoms with van der Waals surface area (Å²) < 4.78 is 21.4. The first-order valence-electron chi connectivity index (χ1n) is 5.10. The lowest BCUT2D eigenvalue weighted by atomic mass is 10.2. The van der Waals surface area contributed by atoms with Gasteiger partial charge in [0, 0.05) is 33.5 Å². The van der Waals surface area contributed by atoms with Crippen molar-refractivity contribution in [2.75, 3.05) is 34.5 Å². The lowest BCUT2D eigenvalue weighted by molar-refractivity contribution is 0.102. The zero-order chi connectivity index (χ0) is 11.3. The number of aliphatic hydroxyl groups excluding tert-OH is 1. The molecule has 2 atom stereocenters. The molecule has 0 aliphatic carbocycles. The minimum absolute atomic E-state index is 0.106. The summed E-state index contributed by atoms with van der Waals surface area (Å²) in [6.45, 7) is 0.909. The van der Waals surface area contributed by atoms with Crippen LogP contribution in [0.3, 0.4) is 0 Å². The zero-order valence-electron chi connectivity index (χ0n) is 9.56. The zero-order valence-corrected chi connectivity index (χ0v) is 10.6. The minimum Gasteiger partial charge on any atom is -0.396 e. The molecule has 1 aliphatic rings. The quantitative estimate of drug-likeness (QED) is 0.488. The van der Waals surface area contributed by atoms with Gasteiger partial charge in [-0.1, -0.05) is 0 Å². The molecule has 15 heavy (non-hydrogen) atoms. The molecule has 0 aromatic heterocycles. The summed E-state index contributed by atoms with van der Waals surface area (Å²) in [6.07, 6.45) is 1.75. The third-order valence-electron chi connectivity index (χ3n) is 2.78. The van der Waals surface area contributed by atoms with Crippen molar-refractivity contribution in [3.05, 3.63) is 0 Å². The van der Waals surface area contributed by atoms with Gasteiger partial charge in [0.15, 0.2) is 0 Å². The Labute approximate surface area is 91.7 Å². The highest BCUT2D eigenvalue weighted by Crippen LogP contribution is 2.35. The monoisotopic (exact) mass is 236 g/mol. The van der Waals surface area contributed by atoms with Crippen LogP contribution in [0.15, 0.2) is 0 Å². The topological polar surface area (TPSA) is 60.5 Å². The molecule has 0 radical (unpaired) electrons. The van der Waals surface area contributed by atoms with E-state index in [2.05, 4.69) is 0 Å². The summed E-state index contributed by atoms with van der Waals surface area (Å²) in [6, 6.07) is 0. The largest absolute Gasteiger partial charge is 0.503 e. The predicted molar refractivity (Wildman–Crippen MR) is 56.6 cm³/mol. The average Bonchev–Trinajstić information content (AvgIpc) is 3.05. The van der Waals surface area contributed by atoms with Crippen molar-refractivity contribution < 1.29 is 23.1 Å². The maximum Gasteiger partial charge on any atom is 0.503 e. The van der Waals surface area contributed by atoms with Gasteiger partial charge in [-0.3, -0.25) is 0 Å². The van der Waals surface area contributed by atoms with E-state index in [1.807, 2.05) is 0 Å². The van der Waals surface area contributed by atoms with Crippen molar-refractivity contribution in [3.8, 4) is 0 Å². The molecule has 0 saturated carbocycles. The Morgan fingerprint density at radius 3 is 2.20 bits per heavy atom. The normalized spacial score (nSPS) is 22.8. The fourth-order valence-electron chi connectivity index (χ4n) is 1.87. The number of epoxide rings is 1. The molecule has 0 aromatic carbocycles. The lowest BCUT2D eigenvalue weighted by Gasteiger charge is -2.31. The fourth-order valence-corrected chi connectivity index (χ4v) is 4.40. The standard InChI is InChI=1S/C9H20O5Si/c1-11-15(12-2,13-3)9(4-5-10)6-8-7-14-8/h8-10H,4-7H2,1-3H3. The first-order chi connectivity index (χ1) is 7.22. The SMILES string of the molecule is CO[Si](OC)(OC)C(CCO)CC1CO1. The van der Waals surface area contributed by atoms with Crippen molar-refractivity contribution in [1.82, 2.24) is 0 Å². The molecule has 1 fully saturated rings. The van der Waals surface area contributed by atoms with E-state index in [0.29, 0.717) is 6.42 Å². The molecule has 1 saturated heterocycles. The summed E-state index contributed by atoms with van der Waals surface area (Å²) in [5.74, 6) is 0. The van der Waals surface area contributed by atoms with Crippen LogP contribution in [0.4, 0.5) is 0 Å². The number of rotatable bonds is 8. The van der Waals surface area contributed by atoms with Crippen molar-refractivity contribution in [2.24, 2.45) is 0 Å². The number of hydrogen-bond donors (Lipinski definition) is 1. The molecule has 1 N–H and O–H groups in total. The lowest BCUT2D eigenvalue weighted by Crippen LogP contribution is -2.48. The molecule has 1 rings (SSSR count). The molecule has 90 valence electrons. The maximum absolute atomic E-state index is 9.03. The number of aliphatic hydroxyl groups is 1. The molecular weight excluding hydrogens is 216 g/mol. The van der Waals surface area contributed by atoms with Gasteiger partial charge in [0.25, 0.3) is 0 Å². The Bertz CT molecular complexity index is 173. The van der Waals surface area contributed by atoms with Gasteiger partial charge in [0.05, 0.1) is 12.7 Å². The van der Waals surface area contributed by atoms with Crippen LogP contribution in [0.25, 0.3) is 0 Å². The molecule has 0 amide bonds. The van der Waals surface area contributed by atoms with E-state index in [-0.39, 0.29) is 18.3 Å². The van der Waals surface area contributed by atoms with E-state index in [1.165, 1.54) is 0 Å². The number of ether oxygens (including phenoxy) is 1. The van der Waals surface area contributed by atoms with E-state index >= 15 is 0 Å². The van der Waals surface area contributed by atoms with Crippen molar-refractivity contribution >= 4 is 8.80 Å². The smallest absolute Gasteiger partial charge is 0.396 e. The second kappa shape index (κ2) is 5.93. The van der Waals surface area contributed by atoms with Gasteiger partial charge in [0.1, 0.15) is 0 Å². The van der Waals surface area contributed by atoms with Crippen LogP contribution in [-0.4, -0.2) is 54.6 Å². The Morgan fingerprint density at radius 1 is 1.33 bits per heavy atom. The Kier molecular flexibility index (Phi) is 5.17. The van der Waals surface area contributed by atoms with E-state index < -0.39 is 8.80 Å². The van der Waals surface area contributed by atoms with E-state index in [1.54, 1.807) is 21.3 Å². The highest BCUT2D eigenvalue weighted by atomic mass is 28.4. The Morgan fingerprint density at radius 2 is 1.87 bits per heavy atom. The van der Waals surface area contributed by atoms with Gasteiger partial charge in [-0.15, -0.1) is 0 Å². The first-order valence-corrected chi connectivity index (χ1v) is 6.90. The van der Waals surface area contributed by atoms with Crippen LogP contribution in [0.1, 0.15) is 12.8 Å². The predicted octanol–water partition coefficient (Wildman–Crippen LogP) is 0.406. The molecule has 0 spiro atoms. The van der Waals surface area contributed by atoms with Crippen LogP contribution >= 0.6 is 0 Å². The summed E-state index contributed by atoms with van der Waals surface area (Å²) in [4.78, 5) is 0. The van der Waals surface area contributed by atoms with Gasteiger partial charge in [0.2, 0.25) is 0 Å². The van der Waals surface area contributed by atoms with Gasteiger partial charge in [-0.25, -0.2) is 0 Å². The van der Waals surface area contributed by atoms with Gasteiger partial charge in [-0.05, 0) is 12.8 Å². The van der Waals surface area contributed by atoms with Crippen LogP contribution in [-0.2, 0) is 18.0 Å².